The molecule has 0 radical (unpaired) electrons. The molecule has 2 amide bonds. The van der Waals surface area contributed by atoms with Crippen molar-refractivity contribution in [3.8, 4) is 0 Å². The van der Waals surface area contributed by atoms with Crippen LogP contribution in [0, 0.1) is 6.92 Å². The number of hydrogen-bond acceptors (Lipinski definition) is 3. The number of amides is 2. The Kier molecular flexibility index (Phi) is 4.89. The first-order valence-corrected chi connectivity index (χ1v) is 8.18. The summed E-state index contributed by atoms with van der Waals surface area (Å²) in [4.78, 5) is 32.6. The van der Waals surface area contributed by atoms with Gasteiger partial charge in [0.15, 0.2) is 0 Å². The molecule has 0 N–H and O–H groups in total. The van der Waals surface area contributed by atoms with Gasteiger partial charge in [-0.3, -0.25) is 14.6 Å². The number of aromatic nitrogens is 1. The van der Waals surface area contributed by atoms with E-state index in [-0.39, 0.29) is 11.8 Å². The van der Waals surface area contributed by atoms with Gasteiger partial charge in [-0.25, -0.2) is 0 Å². The average Bonchev–Trinajstić information content (AvgIpc) is 2.64. The second-order valence-electron chi connectivity index (χ2n) is 5.99. The van der Waals surface area contributed by atoms with Gasteiger partial charge in [0.1, 0.15) is 5.69 Å². The third-order valence-electron chi connectivity index (χ3n) is 4.41. The van der Waals surface area contributed by atoms with Crippen molar-refractivity contribution in [3.05, 3.63) is 65.5 Å². The minimum atomic E-state index is -0.0680. The Bertz CT molecular complexity index is 722. The lowest BCUT2D eigenvalue weighted by atomic mass is 10.1. The second-order valence-corrected chi connectivity index (χ2v) is 5.99. The van der Waals surface area contributed by atoms with Crippen molar-refractivity contribution in [2.75, 3.05) is 26.2 Å². The van der Waals surface area contributed by atoms with Gasteiger partial charge < -0.3 is 9.80 Å². The van der Waals surface area contributed by atoms with Crippen molar-refractivity contribution in [1.29, 1.82) is 0 Å². The van der Waals surface area contributed by atoms with Crippen molar-refractivity contribution < 1.29 is 9.59 Å². The molecule has 1 aliphatic heterocycles. The number of carbonyl (C=O) groups is 2. The van der Waals surface area contributed by atoms with E-state index < -0.39 is 0 Å². The number of rotatable bonds is 3. The Balaban J connectivity index is 1.56. The number of carbonyl (C=O) groups excluding carboxylic acids is 2. The topological polar surface area (TPSA) is 53.5 Å². The van der Waals surface area contributed by atoms with Crippen LogP contribution in [0.5, 0.6) is 0 Å². The van der Waals surface area contributed by atoms with E-state index in [0.717, 1.165) is 11.1 Å². The van der Waals surface area contributed by atoms with Crippen molar-refractivity contribution in [2.45, 2.75) is 13.3 Å². The fraction of sp³-hybridized carbons (Fsp3) is 0.316. The fourth-order valence-electron chi connectivity index (χ4n) is 2.89. The molecule has 0 bridgehead atoms. The molecular formula is C19H21N3O2. The largest absolute Gasteiger partial charge is 0.339 e. The van der Waals surface area contributed by atoms with Crippen molar-refractivity contribution in [3.63, 3.8) is 0 Å². The van der Waals surface area contributed by atoms with Gasteiger partial charge in [0, 0.05) is 32.4 Å². The van der Waals surface area contributed by atoms with Crippen molar-refractivity contribution >= 4 is 11.8 Å². The number of nitrogens with zero attached hydrogens (tertiary/aromatic N) is 3. The molecular weight excluding hydrogens is 302 g/mol. The molecule has 0 aliphatic carbocycles. The van der Waals surface area contributed by atoms with Crippen LogP contribution < -0.4 is 0 Å². The summed E-state index contributed by atoms with van der Waals surface area (Å²) in [6.07, 6.45) is 2.04. The van der Waals surface area contributed by atoms with Crippen LogP contribution in [0.25, 0.3) is 0 Å². The number of hydrogen-bond donors (Lipinski definition) is 0. The van der Waals surface area contributed by atoms with E-state index in [9.17, 15) is 9.59 Å². The molecule has 1 fully saturated rings. The summed E-state index contributed by atoms with van der Waals surface area (Å²) in [5.74, 6) is 0.0517. The van der Waals surface area contributed by atoms with Gasteiger partial charge in [-0.2, -0.15) is 0 Å². The van der Waals surface area contributed by atoms with Gasteiger partial charge in [0.05, 0.1) is 6.42 Å². The molecule has 124 valence electrons. The molecule has 2 heterocycles. The van der Waals surface area contributed by atoms with Gasteiger partial charge in [-0.05, 0) is 30.2 Å². The predicted molar refractivity (Wildman–Crippen MR) is 91.6 cm³/mol. The zero-order valence-electron chi connectivity index (χ0n) is 13.8. The van der Waals surface area contributed by atoms with Crippen LogP contribution in [0.1, 0.15) is 21.6 Å². The predicted octanol–water partition coefficient (Wildman–Crippen LogP) is 1.92. The molecule has 5 nitrogen and oxygen atoms in total. The van der Waals surface area contributed by atoms with E-state index >= 15 is 0 Å². The molecule has 0 saturated carbocycles. The summed E-state index contributed by atoms with van der Waals surface area (Å²) in [7, 11) is 0. The van der Waals surface area contributed by atoms with Crippen LogP contribution in [-0.2, 0) is 11.2 Å². The maximum atomic E-state index is 12.5. The highest BCUT2D eigenvalue weighted by atomic mass is 16.2. The van der Waals surface area contributed by atoms with E-state index in [0.29, 0.717) is 38.3 Å². The van der Waals surface area contributed by atoms with Crippen molar-refractivity contribution in [1.82, 2.24) is 14.8 Å². The molecule has 1 saturated heterocycles. The first-order chi connectivity index (χ1) is 11.6. The van der Waals surface area contributed by atoms with E-state index in [1.54, 1.807) is 23.2 Å². The fourth-order valence-corrected chi connectivity index (χ4v) is 2.89. The second kappa shape index (κ2) is 7.25. The van der Waals surface area contributed by atoms with E-state index in [4.69, 9.17) is 0 Å². The maximum Gasteiger partial charge on any atom is 0.272 e. The highest BCUT2D eigenvalue weighted by molar-refractivity contribution is 5.92. The van der Waals surface area contributed by atoms with Gasteiger partial charge >= 0.3 is 0 Å². The Labute approximate surface area is 141 Å². The van der Waals surface area contributed by atoms with Gasteiger partial charge in [-0.15, -0.1) is 0 Å². The lowest BCUT2D eigenvalue weighted by molar-refractivity contribution is -0.131. The molecule has 24 heavy (non-hydrogen) atoms. The lowest BCUT2D eigenvalue weighted by Gasteiger charge is -2.34. The van der Waals surface area contributed by atoms with E-state index in [1.807, 2.05) is 42.2 Å². The molecule has 0 unspecified atom stereocenters. The Morgan fingerprint density at radius 2 is 1.62 bits per heavy atom. The van der Waals surface area contributed by atoms with Crippen LogP contribution in [0.3, 0.4) is 0 Å². The highest BCUT2D eigenvalue weighted by Crippen LogP contribution is 2.12. The first kappa shape index (κ1) is 16.2. The summed E-state index contributed by atoms with van der Waals surface area (Å²) < 4.78 is 0. The third kappa shape index (κ3) is 3.62. The summed E-state index contributed by atoms with van der Waals surface area (Å²) >= 11 is 0. The Morgan fingerprint density at radius 1 is 0.958 bits per heavy atom. The summed E-state index contributed by atoms with van der Waals surface area (Å²) in [5.41, 5.74) is 2.65. The SMILES string of the molecule is Cc1ccccc1CC(=O)N1CCN(C(=O)c2ccccn2)CC1. The molecule has 2 aromatic rings. The number of piperazine rings is 1. The van der Waals surface area contributed by atoms with E-state index in [2.05, 4.69) is 4.98 Å². The first-order valence-electron chi connectivity index (χ1n) is 8.18. The normalized spacial score (nSPS) is 14.5. The van der Waals surface area contributed by atoms with Crippen molar-refractivity contribution in [2.24, 2.45) is 0 Å². The highest BCUT2D eigenvalue weighted by Gasteiger charge is 2.25. The van der Waals surface area contributed by atoms with Crippen LogP contribution in [-0.4, -0.2) is 52.8 Å². The minimum Gasteiger partial charge on any atom is -0.339 e. The average molecular weight is 323 g/mol. The lowest BCUT2D eigenvalue weighted by Crippen LogP contribution is -2.51. The van der Waals surface area contributed by atoms with Gasteiger partial charge in [-0.1, -0.05) is 30.3 Å². The minimum absolute atomic E-state index is 0.0680. The number of benzene rings is 1. The molecule has 1 aliphatic rings. The Morgan fingerprint density at radius 3 is 2.29 bits per heavy atom. The van der Waals surface area contributed by atoms with E-state index in [1.165, 1.54) is 0 Å². The third-order valence-corrected chi connectivity index (χ3v) is 4.41. The molecule has 1 aromatic heterocycles. The number of pyridine rings is 1. The summed E-state index contributed by atoms with van der Waals surface area (Å²) in [6.45, 7) is 4.27. The number of aryl methyl sites for hydroxylation is 1. The molecule has 1 aromatic carbocycles. The summed E-state index contributed by atoms with van der Waals surface area (Å²) in [6, 6.07) is 13.3. The zero-order valence-corrected chi connectivity index (χ0v) is 13.8. The molecule has 0 atom stereocenters. The van der Waals surface area contributed by atoms with Crippen LogP contribution >= 0.6 is 0 Å². The van der Waals surface area contributed by atoms with Gasteiger partial charge in [0.25, 0.3) is 5.91 Å². The van der Waals surface area contributed by atoms with Crippen LogP contribution in [0.4, 0.5) is 0 Å². The molecule has 5 heteroatoms. The Hall–Kier alpha value is -2.69. The summed E-state index contributed by atoms with van der Waals surface area (Å²) in [5, 5.41) is 0. The quantitative estimate of drug-likeness (QED) is 0.867. The maximum absolute atomic E-state index is 12.5. The van der Waals surface area contributed by atoms with Crippen LogP contribution in [0.2, 0.25) is 0 Å². The molecule has 0 spiro atoms. The van der Waals surface area contributed by atoms with Crippen LogP contribution in [0.15, 0.2) is 48.7 Å². The molecule has 3 rings (SSSR count). The zero-order chi connectivity index (χ0) is 16.9. The smallest absolute Gasteiger partial charge is 0.272 e. The van der Waals surface area contributed by atoms with Gasteiger partial charge in [0.2, 0.25) is 5.91 Å². The monoisotopic (exact) mass is 323 g/mol. The standard InChI is InChI=1S/C19H21N3O2/c1-15-6-2-3-7-16(15)14-18(23)21-10-12-22(13-11-21)19(24)17-8-4-5-9-20-17/h2-9H,10-14H2,1H3.